The van der Waals surface area contributed by atoms with Crippen molar-refractivity contribution in [3.63, 3.8) is 0 Å². The molecule has 0 bridgehead atoms. The van der Waals surface area contributed by atoms with Crippen molar-refractivity contribution in [3.8, 4) is 0 Å². The van der Waals surface area contributed by atoms with Crippen molar-refractivity contribution in [2.24, 2.45) is 0 Å². The maximum atomic E-state index is 11.8. The molecule has 1 aromatic carbocycles. The second-order valence-electron chi connectivity index (χ2n) is 5.30. The predicted octanol–water partition coefficient (Wildman–Crippen LogP) is 1.40. The van der Waals surface area contributed by atoms with Gasteiger partial charge in [-0.3, -0.25) is 25.2 Å². The lowest BCUT2D eigenvalue weighted by atomic mass is 10.1. The van der Waals surface area contributed by atoms with E-state index in [1.807, 2.05) is 32.0 Å². The van der Waals surface area contributed by atoms with Gasteiger partial charge in [0.1, 0.15) is 6.54 Å². The molecule has 6 nitrogen and oxygen atoms in total. The van der Waals surface area contributed by atoms with Gasteiger partial charge in [0.2, 0.25) is 5.91 Å². The number of thioether (sulfide) groups is 1. The highest BCUT2D eigenvalue weighted by Crippen LogP contribution is 2.20. The first-order valence-electron chi connectivity index (χ1n) is 7.39. The van der Waals surface area contributed by atoms with Crippen molar-refractivity contribution in [1.82, 2.24) is 15.4 Å². The number of carbonyl (C=O) groups is 2. The molecule has 2 amide bonds. The summed E-state index contributed by atoms with van der Waals surface area (Å²) in [6, 6.07) is 10.6. The molecular weight excluding hydrogens is 326 g/mol. The number of amides is 2. The summed E-state index contributed by atoms with van der Waals surface area (Å²) in [6.07, 6.45) is 1.51. The Morgan fingerprint density at radius 3 is 2.50 bits per heavy atom. The van der Waals surface area contributed by atoms with Crippen LogP contribution in [0.3, 0.4) is 0 Å². The van der Waals surface area contributed by atoms with Gasteiger partial charge in [-0.15, -0.1) is 11.8 Å². The number of carbonyl (C=O) groups excluding carboxylic acids is 2. The molecule has 0 unspecified atom stereocenters. The van der Waals surface area contributed by atoms with E-state index in [-0.39, 0.29) is 23.8 Å². The normalized spacial score (nSPS) is 10.2. The van der Waals surface area contributed by atoms with E-state index in [1.54, 1.807) is 12.1 Å². The van der Waals surface area contributed by atoms with E-state index in [2.05, 4.69) is 10.9 Å². The average molecular weight is 345 g/mol. The molecule has 0 aliphatic carbocycles. The van der Waals surface area contributed by atoms with Crippen LogP contribution in [0.2, 0.25) is 0 Å². The van der Waals surface area contributed by atoms with Gasteiger partial charge < -0.3 is 4.57 Å². The van der Waals surface area contributed by atoms with E-state index in [0.29, 0.717) is 0 Å². The second kappa shape index (κ2) is 8.35. The SMILES string of the molecule is Cc1ccc(SCC(=O)NNC(=O)Cn2ccccc2=O)cc1C. The number of pyridine rings is 1. The number of benzene rings is 1. The molecule has 0 spiro atoms. The van der Waals surface area contributed by atoms with Crippen molar-refractivity contribution in [2.45, 2.75) is 25.3 Å². The Balaban J connectivity index is 1.76. The topological polar surface area (TPSA) is 80.2 Å². The molecule has 0 fully saturated rings. The third-order valence-corrected chi connectivity index (χ3v) is 4.40. The van der Waals surface area contributed by atoms with E-state index in [9.17, 15) is 14.4 Å². The average Bonchev–Trinajstić information content (AvgIpc) is 2.56. The zero-order valence-electron chi connectivity index (χ0n) is 13.5. The van der Waals surface area contributed by atoms with E-state index in [4.69, 9.17) is 0 Å². The maximum absolute atomic E-state index is 11.8. The smallest absolute Gasteiger partial charge is 0.258 e. The van der Waals surface area contributed by atoms with Crippen molar-refractivity contribution < 1.29 is 9.59 Å². The predicted molar refractivity (Wildman–Crippen MR) is 93.6 cm³/mol. The van der Waals surface area contributed by atoms with Crippen LogP contribution in [0, 0.1) is 13.8 Å². The molecule has 1 heterocycles. The van der Waals surface area contributed by atoms with Gasteiger partial charge in [0.25, 0.3) is 11.5 Å². The lowest BCUT2D eigenvalue weighted by molar-refractivity contribution is -0.128. The Morgan fingerprint density at radius 2 is 1.79 bits per heavy atom. The molecule has 0 saturated heterocycles. The van der Waals surface area contributed by atoms with Crippen LogP contribution in [0.25, 0.3) is 0 Å². The number of hydrogen-bond donors (Lipinski definition) is 2. The van der Waals surface area contributed by atoms with Gasteiger partial charge in [0.15, 0.2) is 0 Å². The van der Waals surface area contributed by atoms with Crippen LogP contribution in [0.4, 0.5) is 0 Å². The number of aromatic nitrogens is 1. The van der Waals surface area contributed by atoms with Gasteiger partial charge in [-0.05, 0) is 43.2 Å². The van der Waals surface area contributed by atoms with Crippen LogP contribution >= 0.6 is 11.8 Å². The van der Waals surface area contributed by atoms with Crippen molar-refractivity contribution in [3.05, 3.63) is 64.1 Å². The van der Waals surface area contributed by atoms with E-state index < -0.39 is 5.91 Å². The molecule has 126 valence electrons. The minimum Gasteiger partial charge on any atom is -0.306 e. The first-order valence-corrected chi connectivity index (χ1v) is 8.37. The number of nitrogens with zero attached hydrogens (tertiary/aromatic N) is 1. The molecule has 0 aliphatic heterocycles. The molecule has 0 aliphatic rings. The van der Waals surface area contributed by atoms with Gasteiger partial charge >= 0.3 is 0 Å². The standard InChI is InChI=1S/C17H19N3O3S/c1-12-6-7-14(9-13(12)2)24-11-16(22)19-18-15(21)10-20-8-4-3-5-17(20)23/h3-9H,10-11H2,1-2H3,(H,18,21)(H,19,22). The summed E-state index contributed by atoms with van der Waals surface area (Å²) >= 11 is 1.39. The van der Waals surface area contributed by atoms with Crippen LogP contribution in [0.1, 0.15) is 11.1 Å². The summed E-state index contributed by atoms with van der Waals surface area (Å²) in [6.45, 7) is 3.90. The lowest BCUT2D eigenvalue weighted by Gasteiger charge is -2.09. The van der Waals surface area contributed by atoms with Crippen LogP contribution in [0.5, 0.6) is 0 Å². The summed E-state index contributed by atoms with van der Waals surface area (Å²) in [5.74, 6) is -0.589. The Hall–Kier alpha value is -2.54. The van der Waals surface area contributed by atoms with Gasteiger partial charge in [-0.2, -0.15) is 0 Å². The highest BCUT2D eigenvalue weighted by atomic mass is 32.2. The molecule has 24 heavy (non-hydrogen) atoms. The quantitative estimate of drug-likeness (QED) is 0.634. The van der Waals surface area contributed by atoms with Crippen molar-refractivity contribution in [1.29, 1.82) is 0 Å². The van der Waals surface area contributed by atoms with Gasteiger partial charge in [0.05, 0.1) is 5.75 Å². The highest BCUT2D eigenvalue weighted by molar-refractivity contribution is 8.00. The zero-order valence-corrected chi connectivity index (χ0v) is 14.4. The minimum atomic E-state index is -0.465. The molecule has 2 aromatic rings. The van der Waals surface area contributed by atoms with Crippen LogP contribution in [0.15, 0.2) is 52.3 Å². The van der Waals surface area contributed by atoms with E-state index in [1.165, 1.54) is 39.7 Å². The van der Waals surface area contributed by atoms with E-state index in [0.717, 1.165) is 4.90 Å². The van der Waals surface area contributed by atoms with Crippen LogP contribution in [-0.4, -0.2) is 22.1 Å². The van der Waals surface area contributed by atoms with Crippen molar-refractivity contribution in [2.75, 3.05) is 5.75 Å². The number of rotatable bonds is 5. The lowest BCUT2D eigenvalue weighted by Crippen LogP contribution is -2.44. The third kappa shape index (κ3) is 5.27. The Bertz CT molecular complexity index is 802. The molecule has 2 rings (SSSR count). The summed E-state index contributed by atoms with van der Waals surface area (Å²) in [4.78, 5) is 36.0. The second-order valence-corrected chi connectivity index (χ2v) is 6.35. The molecular formula is C17H19N3O3S. The molecule has 1 aromatic heterocycles. The van der Waals surface area contributed by atoms with Crippen LogP contribution in [-0.2, 0) is 16.1 Å². The largest absolute Gasteiger partial charge is 0.306 e. The number of hydrogen-bond acceptors (Lipinski definition) is 4. The Labute approximate surface area is 144 Å². The zero-order chi connectivity index (χ0) is 17.5. The fourth-order valence-electron chi connectivity index (χ4n) is 1.91. The molecule has 0 saturated carbocycles. The number of hydrazine groups is 1. The first-order chi connectivity index (χ1) is 11.5. The maximum Gasteiger partial charge on any atom is 0.258 e. The Morgan fingerprint density at radius 1 is 1.04 bits per heavy atom. The highest BCUT2D eigenvalue weighted by Gasteiger charge is 2.07. The van der Waals surface area contributed by atoms with Gasteiger partial charge in [-0.25, -0.2) is 0 Å². The minimum absolute atomic E-state index is 0.149. The number of nitrogens with one attached hydrogen (secondary N) is 2. The third-order valence-electron chi connectivity index (χ3n) is 3.40. The first kappa shape index (κ1) is 17.8. The fourth-order valence-corrected chi connectivity index (χ4v) is 2.71. The summed E-state index contributed by atoms with van der Waals surface area (Å²) in [5.41, 5.74) is 6.74. The Kier molecular flexibility index (Phi) is 6.20. The monoisotopic (exact) mass is 345 g/mol. The van der Waals surface area contributed by atoms with E-state index >= 15 is 0 Å². The fraction of sp³-hybridized carbons (Fsp3) is 0.235. The van der Waals surface area contributed by atoms with Gasteiger partial charge in [0, 0.05) is 17.2 Å². The van der Waals surface area contributed by atoms with Crippen molar-refractivity contribution >= 4 is 23.6 Å². The number of aryl methyl sites for hydroxylation is 2. The summed E-state index contributed by atoms with van der Waals surface area (Å²) < 4.78 is 1.26. The molecule has 7 heteroatoms. The summed E-state index contributed by atoms with van der Waals surface area (Å²) in [7, 11) is 0. The van der Waals surface area contributed by atoms with Gasteiger partial charge in [-0.1, -0.05) is 12.1 Å². The van der Waals surface area contributed by atoms with Crippen LogP contribution < -0.4 is 16.4 Å². The molecule has 0 atom stereocenters. The summed E-state index contributed by atoms with van der Waals surface area (Å²) in [5, 5.41) is 0. The molecule has 2 N–H and O–H groups in total. The molecule has 0 radical (unpaired) electrons.